The maximum absolute atomic E-state index is 10.7. The predicted octanol–water partition coefficient (Wildman–Crippen LogP) is -1.00. The van der Waals surface area contributed by atoms with E-state index in [4.69, 9.17) is 5.11 Å². The number of aliphatic hydroxyl groups excluding tert-OH is 1. The average molecular weight is 289 g/mol. The first kappa shape index (κ1) is 17.6. The van der Waals surface area contributed by atoms with Crippen LogP contribution >= 0.6 is 0 Å². The molecule has 0 aromatic rings. The second kappa shape index (κ2) is 14.2. The van der Waals surface area contributed by atoms with E-state index in [-0.39, 0.29) is 38.6 Å². The maximum atomic E-state index is 10.7. The van der Waals surface area contributed by atoms with E-state index in [0.717, 1.165) is 26.2 Å². The minimum atomic E-state index is -0.153. The Labute approximate surface area is 116 Å². The smallest absolute Gasteiger partial charge is 0.565 e. The minimum Gasteiger partial charge on any atom is -0.565 e. The molecule has 0 radical (unpaired) electrons. The van der Waals surface area contributed by atoms with Gasteiger partial charge in [-0.15, -0.1) is 6.54 Å². The predicted molar refractivity (Wildman–Crippen MR) is 55.2 cm³/mol. The molecule has 0 bridgehead atoms. The Kier molecular flexibility index (Phi) is 16.6. The van der Waals surface area contributed by atoms with Gasteiger partial charge in [-0.3, -0.25) is 4.79 Å². The molecule has 15 heavy (non-hydrogen) atoms. The van der Waals surface area contributed by atoms with Gasteiger partial charge in [-0.1, -0.05) is 6.58 Å². The fourth-order valence-corrected chi connectivity index (χ4v) is 0.815. The van der Waals surface area contributed by atoms with Crippen molar-refractivity contribution in [2.75, 3.05) is 32.7 Å². The zero-order valence-electron chi connectivity index (χ0n) is 8.83. The molecule has 0 unspecified atom stereocenters. The zero-order valence-corrected chi connectivity index (χ0v) is 11.7. The summed E-state index contributed by atoms with van der Waals surface area (Å²) in [6.45, 7) is 7.82. The Balaban J connectivity index is 0. The summed E-state index contributed by atoms with van der Waals surface area (Å²) in [6.07, 6.45) is 1.25. The van der Waals surface area contributed by atoms with Gasteiger partial charge in [0.05, 0.1) is 0 Å². The number of hydrogen-bond acceptors (Lipinski definition) is 4. The first-order chi connectivity index (χ1) is 6.81. The molecule has 4 N–H and O–H groups in total. The average Bonchev–Trinajstić information content (AvgIpc) is 2.21. The van der Waals surface area contributed by atoms with Gasteiger partial charge < -0.3 is 21.1 Å². The second-order valence-electron chi connectivity index (χ2n) is 2.63. The van der Waals surface area contributed by atoms with Gasteiger partial charge in [0.15, 0.2) is 0 Å². The molecule has 0 aromatic carbocycles. The molecule has 82 valence electrons. The fraction of sp³-hybridized carbons (Fsp3) is 0.556. The van der Waals surface area contributed by atoms with Crippen LogP contribution in [0.3, 0.4) is 0 Å². The van der Waals surface area contributed by atoms with Gasteiger partial charge in [-0.2, -0.15) is 0 Å². The Morgan fingerprint density at radius 3 is 2.47 bits per heavy atom. The van der Waals surface area contributed by atoms with Crippen molar-refractivity contribution in [3.63, 3.8) is 0 Å². The van der Waals surface area contributed by atoms with Gasteiger partial charge in [0.1, 0.15) is 0 Å². The Morgan fingerprint density at radius 2 is 1.87 bits per heavy atom. The summed E-state index contributed by atoms with van der Waals surface area (Å²) in [5, 5.41) is 17.1. The van der Waals surface area contributed by atoms with Crippen LogP contribution in [0.1, 0.15) is 0 Å². The summed E-state index contributed by atoms with van der Waals surface area (Å²) in [6, 6.07) is 0. The number of hydrogen-bond donors (Lipinski definition) is 4. The van der Waals surface area contributed by atoms with Crippen molar-refractivity contribution in [1.82, 2.24) is 16.0 Å². The summed E-state index contributed by atoms with van der Waals surface area (Å²) < 4.78 is 0. The standard InChI is InChI=1S/C9H18N3O2.Y/c1-2-9(14)12-6-5-10-3-4-11-7-8-13;/h2,8,10-11,13H,1,3-7H2,(H,12,14);/q-1;+3. The van der Waals surface area contributed by atoms with E-state index >= 15 is 0 Å². The number of aliphatic hydroxyl groups is 1. The second-order valence-corrected chi connectivity index (χ2v) is 2.63. The molecule has 0 aromatic heterocycles. The van der Waals surface area contributed by atoms with Crippen LogP contribution in [0.25, 0.3) is 0 Å². The molecule has 0 atom stereocenters. The third-order valence-corrected chi connectivity index (χ3v) is 1.50. The molecule has 6 heteroatoms. The van der Waals surface area contributed by atoms with Gasteiger partial charge in [0.2, 0.25) is 5.91 Å². The van der Waals surface area contributed by atoms with Crippen molar-refractivity contribution < 1.29 is 42.6 Å². The van der Waals surface area contributed by atoms with Crippen LogP contribution in [0.2, 0.25) is 0 Å². The van der Waals surface area contributed by atoms with E-state index in [0.29, 0.717) is 13.1 Å². The van der Waals surface area contributed by atoms with E-state index in [2.05, 4.69) is 22.5 Å². The van der Waals surface area contributed by atoms with Crippen molar-refractivity contribution in [1.29, 1.82) is 0 Å². The number of rotatable bonds is 9. The summed E-state index contributed by atoms with van der Waals surface area (Å²) in [4.78, 5) is 10.7. The zero-order chi connectivity index (χ0) is 10.6. The molecular formula is C9H18N3O2Y+2. The summed E-state index contributed by atoms with van der Waals surface area (Å²) >= 11 is 0. The quantitative estimate of drug-likeness (QED) is 0.250. The largest absolute Gasteiger partial charge is 3.00 e. The molecule has 1 amide bonds. The SMILES string of the molecule is C=CC(=O)NCCNCCNC[CH-]O.[Y+3]. The summed E-state index contributed by atoms with van der Waals surface area (Å²) in [5.41, 5.74) is 0. The Hall–Kier alpha value is 0.194. The van der Waals surface area contributed by atoms with E-state index in [1.54, 1.807) is 0 Å². The van der Waals surface area contributed by atoms with E-state index < -0.39 is 0 Å². The van der Waals surface area contributed by atoms with Crippen LogP contribution in [-0.4, -0.2) is 43.7 Å². The molecule has 5 nitrogen and oxygen atoms in total. The van der Waals surface area contributed by atoms with Crippen LogP contribution in [0.5, 0.6) is 0 Å². The van der Waals surface area contributed by atoms with Gasteiger partial charge >= 0.3 is 32.7 Å². The van der Waals surface area contributed by atoms with E-state index in [1.165, 1.54) is 6.08 Å². The Bertz CT molecular complexity index is 167. The molecule has 0 aliphatic heterocycles. The first-order valence-electron chi connectivity index (χ1n) is 4.59. The molecule has 0 saturated carbocycles. The minimum absolute atomic E-state index is 0. The molecule has 0 fully saturated rings. The third kappa shape index (κ3) is 14.2. The molecule has 0 rings (SSSR count). The fourth-order valence-electron chi connectivity index (χ4n) is 0.815. The van der Waals surface area contributed by atoms with Crippen LogP contribution in [0, 0.1) is 6.61 Å². The van der Waals surface area contributed by atoms with Gasteiger partial charge in [-0.25, -0.2) is 6.61 Å². The van der Waals surface area contributed by atoms with Crippen molar-refractivity contribution in [3.8, 4) is 0 Å². The van der Waals surface area contributed by atoms with Crippen LogP contribution in [0.4, 0.5) is 0 Å². The monoisotopic (exact) mass is 289 g/mol. The van der Waals surface area contributed by atoms with Crippen LogP contribution in [-0.2, 0) is 37.5 Å². The molecule has 0 spiro atoms. The summed E-state index contributed by atoms with van der Waals surface area (Å²) in [7, 11) is 0. The molecule has 0 aliphatic carbocycles. The van der Waals surface area contributed by atoms with Crippen molar-refractivity contribution in [3.05, 3.63) is 19.3 Å². The number of nitrogens with one attached hydrogen (secondary N) is 3. The van der Waals surface area contributed by atoms with Crippen molar-refractivity contribution in [2.24, 2.45) is 0 Å². The molecule has 0 aliphatic rings. The van der Waals surface area contributed by atoms with Crippen molar-refractivity contribution >= 4 is 5.91 Å². The normalized spacial score (nSPS) is 9.13. The third-order valence-electron chi connectivity index (χ3n) is 1.50. The number of carbonyl (C=O) groups is 1. The number of carbonyl (C=O) groups excluding carboxylic acids is 1. The van der Waals surface area contributed by atoms with Gasteiger partial charge in [0, 0.05) is 26.2 Å². The first-order valence-corrected chi connectivity index (χ1v) is 4.59. The van der Waals surface area contributed by atoms with Gasteiger partial charge in [0.25, 0.3) is 0 Å². The Morgan fingerprint density at radius 1 is 1.27 bits per heavy atom. The van der Waals surface area contributed by atoms with Crippen LogP contribution in [0.15, 0.2) is 12.7 Å². The van der Waals surface area contributed by atoms with Gasteiger partial charge in [-0.05, 0) is 6.08 Å². The van der Waals surface area contributed by atoms with E-state index in [9.17, 15) is 4.79 Å². The maximum Gasteiger partial charge on any atom is 3.00 e. The molecule has 0 saturated heterocycles. The topological polar surface area (TPSA) is 73.4 Å². The summed E-state index contributed by atoms with van der Waals surface area (Å²) in [5.74, 6) is -0.153. The molecular weight excluding hydrogens is 271 g/mol. The number of amides is 1. The van der Waals surface area contributed by atoms with Crippen molar-refractivity contribution in [2.45, 2.75) is 0 Å². The molecule has 0 heterocycles. The van der Waals surface area contributed by atoms with Crippen LogP contribution < -0.4 is 16.0 Å². The van der Waals surface area contributed by atoms with E-state index in [1.807, 2.05) is 0 Å².